The summed E-state index contributed by atoms with van der Waals surface area (Å²) in [5, 5.41) is 7.77. The highest BCUT2D eigenvalue weighted by Crippen LogP contribution is 2.25. The number of hydrogen-bond donors (Lipinski definition) is 1. The third kappa shape index (κ3) is 4.77. The van der Waals surface area contributed by atoms with Crippen molar-refractivity contribution in [2.45, 2.75) is 66.5 Å². The van der Waals surface area contributed by atoms with Crippen LogP contribution in [0.4, 0.5) is 0 Å². The van der Waals surface area contributed by atoms with E-state index in [4.69, 9.17) is 0 Å². The van der Waals surface area contributed by atoms with Gasteiger partial charge in [-0.15, -0.1) is 0 Å². The lowest BCUT2D eigenvalue weighted by atomic mass is 9.85. The quantitative estimate of drug-likeness (QED) is 0.811. The van der Waals surface area contributed by atoms with Crippen molar-refractivity contribution in [2.24, 2.45) is 5.41 Å². The molecule has 1 rings (SSSR count). The predicted molar refractivity (Wildman–Crippen MR) is 75.6 cm³/mol. The first kappa shape index (κ1) is 15.2. The molecule has 104 valence electrons. The summed E-state index contributed by atoms with van der Waals surface area (Å²) in [6, 6.07) is 0.937. The molecule has 0 aliphatic carbocycles. The van der Waals surface area contributed by atoms with Gasteiger partial charge in [0.2, 0.25) is 0 Å². The lowest BCUT2D eigenvalue weighted by Crippen LogP contribution is -2.29. The van der Waals surface area contributed by atoms with Crippen LogP contribution in [-0.2, 0) is 6.42 Å². The molecular formula is C14H28N4. The van der Waals surface area contributed by atoms with Crippen molar-refractivity contribution in [1.29, 1.82) is 0 Å². The molecule has 0 unspecified atom stereocenters. The van der Waals surface area contributed by atoms with Gasteiger partial charge in [-0.1, -0.05) is 27.7 Å². The Morgan fingerprint density at radius 1 is 1.28 bits per heavy atom. The smallest absolute Gasteiger partial charge is 0.138 e. The second-order valence-electron chi connectivity index (χ2n) is 6.41. The van der Waals surface area contributed by atoms with Crippen LogP contribution in [0.3, 0.4) is 0 Å². The minimum atomic E-state index is 0.252. The Kier molecular flexibility index (Phi) is 5.32. The van der Waals surface area contributed by atoms with Crippen molar-refractivity contribution in [1.82, 2.24) is 20.1 Å². The normalized spacial score (nSPS) is 12.7. The van der Waals surface area contributed by atoms with Gasteiger partial charge in [-0.25, -0.2) is 9.67 Å². The molecule has 0 fully saturated rings. The van der Waals surface area contributed by atoms with E-state index in [1.54, 1.807) is 6.33 Å². The van der Waals surface area contributed by atoms with Crippen LogP contribution in [0.25, 0.3) is 0 Å². The molecule has 1 aromatic heterocycles. The molecule has 0 radical (unpaired) electrons. The monoisotopic (exact) mass is 252 g/mol. The molecule has 18 heavy (non-hydrogen) atoms. The van der Waals surface area contributed by atoms with Gasteiger partial charge in [-0.2, -0.15) is 5.10 Å². The van der Waals surface area contributed by atoms with Crippen molar-refractivity contribution in [3.63, 3.8) is 0 Å². The average molecular weight is 252 g/mol. The third-order valence-electron chi connectivity index (χ3n) is 3.13. The van der Waals surface area contributed by atoms with Crippen LogP contribution in [0.2, 0.25) is 0 Å². The van der Waals surface area contributed by atoms with Gasteiger partial charge in [0.1, 0.15) is 12.2 Å². The van der Waals surface area contributed by atoms with Gasteiger partial charge in [-0.05, 0) is 32.2 Å². The molecule has 0 spiro atoms. The lowest BCUT2D eigenvalue weighted by molar-refractivity contribution is 0.305. The van der Waals surface area contributed by atoms with Crippen LogP contribution < -0.4 is 5.32 Å². The maximum absolute atomic E-state index is 4.40. The second-order valence-corrected chi connectivity index (χ2v) is 6.41. The van der Waals surface area contributed by atoms with Gasteiger partial charge in [-0.3, -0.25) is 0 Å². The fourth-order valence-corrected chi connectivity index (χ4v) is 2.05. The maximum atomic E-state index is 4.40. The summed E-state index contributed by atoms with van der Waals surface area (Å²) in [5.74, 6) is 1.10. The first-order chi connectivity index (χ1) is 8.32. The Labute approximate surface area is 111 Å². The van der Waals surface area contributed by atoms with Crippen LogP contribution in [0, 0.1) is 5.41 Å². The van der Waals surface area contributed by atoms with Crippen LogP contribution in [-0.4, -0.2) is 27.4 Å². The highest BCUT2D eigenvalue weighted by molar-refractivity contribution is 4.92. The van der Waals surface area contributed by atoms with Gasteiger partial charge < -0.3 is 5.32 Å². The molecule has 0 amide bonds. The summed E-state index contributed by atoms with van der Waals surface area (Å²) in [6.45, 7) is 14.3. The lowest BCUT2D eigenvalue weighted by Gasteiger charge is -2.25. The van der Waals surface area contributed by atoms with E-state index in [-0.39, 0.29) is 5.41 Å². The first-order valence-corrected chi connectivity index (χ1v) is 6.93. The molecular weight excluding hydrogens is 224 g/mol. The molecule has 0 saturated carbocycles. The molecule has 1 N–H and O–H groups in total. The van der Waals surface area contributed by atoms with Crippen molar-refractivity contribution >= 4 is 0 Å². The van der Waals surface area contributed by atoms with Crippen molar-refractivity contribution in [2.75, 3.05) is 6.54 Å². The highest BCUT2D eigenvalue weighted by atomic mass is 15.3. The van der Waals surface area contributed by atoms with Gasteiger partial charge in [0, 0.05) is 18.5 Å². The summed E-state index contributed by atoms with van der Waals surface area (Å²) in [7, 11) is 0. The summed E-state index contributed by atoms with van der Waals surface area (Å²) >= 11 is 0. The molecule has 4 nitrogen and oxygen atoms in total. The average Bonchev–Trinajstić information content (AvgIpc) is 2.63. The van der Waals surface area contributed by atoms with E-state index >= 15 is 0 Å². The SMILES string of the molecule is CC(C)NCCC(C)(C)Cc1ncnn1C(C)C. The molecule has 1 heterocycles. The summed E-state index contributed by atoms with van der Waals surface area (Å²) in [6.07, 6.45) is 3.79. The van der Waals surface area contributed by atoms with Gasteiger partial charge in [0.15, 0.2) is 0 Å². The van der Waals surface area contributed by atoms with E-state index in [2.05, 4.69) is 56.9 Å². The Morgan fingerprint density at radius 3 is 2.50 bits per heavy atom. The van der Waals surface area contributed by atoms with Crippen LogP contribution in [0.15, 0.2) is 6.33 Å². The minimum Gasteiger partial charge on any atom is -0.315 e. The van der Waals surface area contributed by atoms with E-state index < -0.39 is 0 Å². The number of nitrogens with zero attached hydrogens (tertiary/aromatic N) is 3. The van der Waals surface area contributed by atoms with E-state index in [9.17, 15) is 0 Å². The minimum absolute atomic E-state index is 0.252. The fourth-order valence-electron chi connectivity index (χ4n) is 2.05. The van der Waals surface area contributed by atoms with Crippen LogP contribution in [0.1, 0.15) is 59.8 Å². The Balaban J connectivity index is 2.56. The Hall–Kier alpha value is -0.900. The van der Waals surface area contributed by atoms with E-state index in [1.165, 1.54) is 0 Å². The standard InChI is InChI=1S/C14H28N4/c1-11(2)15-8-7-14(5,6)9-13-16-10-17-18(13)12(3)4/h10-12,15H,7-9H2,1-6H3. The van der Waals surface area contributed by atoms with Crippen LogP contribution >= 0.6 is 0 Å². The Bertz CT molecular complexity index is 352. The first-order valence-electron chi connectivity index (χ1n) is 6.93. The number of aromatic nitrogens is 3. The third-order valence-corrected chi connectivity index (χ3v) is 3.13. The highest BCUT2D eigenvalue weighted by Gasteiger charge is 2.22. The molecule has 0 bridgehead atoms. The zero-order chi connectivity index (χ0) is 13.8. The molecule has 0 aromatic carbocycles. The van der Waals surface area contributed by atoms with Gasteiger partial charge in [0.25, 0.3) is 0 Å². The fraction of sp³-hybridized carbons (Fsp3) is 0.857. The zero-order valence-corrected chi connectivity index (χ0v) is 12.7. The van der Waals surface area contributed by atoms with Crippen molar-refractivity contribution in [3.05, 3.63) is 12.2 Å². The number of nitrogens with one attached hydrogen (secondary N) is 1. The molecule has 0 saturated heterocycles. The maximum Gasteiger partial charge on any atom is 0.138 e. The molecule has 0 aliphatic rings. The molecule has 1 aromatic rings. The van der Waals surface area contributed by atoms with Gasteiger partial charge in [0.05, 0.1) is 0 Å². The topological polar surface area (TPSA) is 42.7 Å². The predicted octanol–water partition coefficient (Wildman–Crippen LogP) is 2.82. The Morgan fingerprint density at radius 2 is 1.94 bits per heavy atom. The number of rotatable bonds is 7. The molecule has 0 aliphatic heterocycles. The van der Waals surface area contributed by atoms with E-state index in [0.29, 0.717) is 12.1 Å². The van der Waals surface area contributed by atoms with E-state index in [1.807, 2.05) is 4.68 Å². The summed E-state index contributed by atoms with van der Waals surface area (Å²) in [4.78, 5) is 4.40. The summed E-state index contributed by atoms with van der Waals surface area (Å²) < 4.78 is 2.03. The van der Waals surface area contributed by atoms with E-state index in [0.717, 1.165) is 25.2 Å². The van der Waals surface area contributed by atoms with Gasteiger partial charge >= 0.3 is 0 Å². The summed E-state index contributed by atoms with van der Waals surface area (Å²) in [5.41, 5.74) is 0.252. The molecule has 4 heteroatoms. The number of hydrogen-bond acceptors (Lipinski definition) is 3. The van der Waals surface area contributed by atoms with Crippen LogP contribution in [0.5, 0.6) is 0 Å². The molecule has 0 atom stereocenters. The zero-order valence-electron chi connectivity index (χ0n) is 12.7. The largest absolute Gasteiger partial charge is 0.315 e. The second kappa shape index (κ2) is 6.32. The van der Waals surface area contributed by atoms with Crippen molar-refractivity contribution < 1.29 is 0 Å². The van der Waals surface area contributed by atoms with Crippen molar-refractivity contribution in [3.8, 4) is 0 Å².